The molecule has 18 heavy (non-hydrogen) atoms. The van der Waals surface area contributed by atoms with Gasteiger partial charge in [-0.3, -0.25) is 9.89 Å². The van der Waals surface area contributed by atoms with E-state index in [1.54, 1.807) is 0 Å². The zero-order chi connectivity index (χ0) is 13.0. The minimum atomic E-state index is -3.80. The molecule has 9 heteroatoms. The standard InChI is InChI=1S/C9H11N5O3S/c15-7-1-3-10-5-8(7)18(16,17)13-4-2-9-11-6-12-14-9/h1,3,5-6,13H,2,4H2,(H,10,15)(H,11,12,14). The predicted molar refractivity (Wildman–Crippen MR) is 62.3 cm³/mol. The van der Waals surface area contributed by atoms with Crippen molar-refractivity contribution in [3.63, 3.8) is 0 Å². The van der Waals surface area contributed by atoms with E-state index < -0.39 is 15.5 Å². The molecular formula is C9H11N5O3S. The van der Waals surface area contributed by atoms with Crippen molar-refractivity contribution in [1.29, 1.82) is 0 Å². The van der Waals surface area contributed by atoms with Gasteiger partial charge >= 0.3 is 0 Å². The molecule has 0 spiro atoms. The summed E-state index contributed by atoms with van der Waals surface area (Å²) in [4.78, 5) is 17.5. The lowest BCUT2D eigenvalue weighted by atomic mass is 10.4. The van der Waals surface area contributed by atoms with E-state index in [9.17, 15) is 13.2 Å². The summed E-state index contributed by atoms with van der Waals surface area (Å²) < 4.78 is 25.9. The van der Waals surface area contributed by atoms with Crippen LogP contribution in [-0.4, -0.2) is 35.1 Å². The SMILES string of the molecule is O=c1cc[nH]cc1S(=O)(=O)NCCc1ncn[nH]1. The molecule has 0 saturated carbocycles. The molecular weight excluding hydrogens is 258 g/mol. The van der Waals surface area contributed by atoms with Crippen LogP contribution in [0.2, 0.25) is 0 Å². The monoisotopic (exact) mass is 269 g/mol. The van der Waals surface area contributed by atoms with Crippen LogP contribution in [0, 0.1) is 0 Å². The number of aromatic nitrogens is 4. The average Bonchev–Trinajstić information content (AvgIpc) is 2.82. The number of H-pyrrole nitrogens is 2. The van der Waals surface area contributed by atoms with Gasteiger partial charge in [0.2, 0.25) is 15.5 Å². The Bertz CT molecular complexity index is 662. The van der Waals surface area contributed by atoms with Crippen molar-refractivity contribution < 1.29 is 8.42 Å². The first kappa shape index (κ1) is 12.5. The van der Waals surface area contributed by atoms with Gasteiger partial charge in [0, 0.05) is 31.4 Å². The normalized spacial score (nSPS) is 11.6. The summed E-state index contributed by atoms with van der Waals surface area (Å²) >= 11 is 0. The Morgan fingerprint density at radius 1 is 1.39 bits per heavy atom. The van der Waals surface area contributed by atoms with Crippen LogP contribution < -0.4 is 10.2 Å². The zero-order valence-corrected chi connectivity index (χ0v) is 10.1. The molecule has 0 bridgehead atoms. The molecule has 2 heterocycles. The van der Waals surface area contributed by atoms with Crippen LogP contribution in [0.1, 0.15) is 5.82 Å². The zero-order valence-electron chi connectivity index (χ0n) is 9.25. The van der Waals surface area contributed by atoms with E-state index in [1.807, 2.05) is 0 Å². The van der Waals surface area contributed by atoms with Crippen LogP contribution in [0.25, 0.3) is 0 Å². The number of aromatic amines is 2. The quantitative estimate of drug-likeness (QED) is 0.644. The molecule has 2 rings (SSSR count). The molecule has 2 aromatic rings. The van der Waals surface area contributed by atoms with E-state index in [0.717, 1.165) is 12.3 Å². The van der Waals surface area contributed by atoms with Crippen LogP contribution >= 0.6 is 0 Å². The van der Waals surface area contributed by atoms with Gasteiger partial charge in [0.25, 0.3) is 0 Å². The predicted octanol–water partition coefficient (Wildman–Crippen LogP) is -0.986. The number of hydrogen-bond donors (Lipinski definition) is 3. The Balaban J connectivity index is 2.04. The number of pyridine rings is 1. The maximum absolute atomic E-state index is 11.8. The highest BCUT2D eigenvalue weighted by Gasteiger charge is 2.16. The minimum Gasteiger partial charge on any atom is -0.366 e. The van der Waals surface area contributed by atoms with Gasteiger partial charge in [-0.05, 0) is 0 Å². The van der Waals surface area contributed by atoms with E-state index >= 15 is 0 Å². The topological polar surface area (TPSA) is 121 Å². The van der Waals surface area contributed by atoms with Gasteiger partial charge in [-0.25, -0.2) is 18.1 Å². The van der Waals surface area contributed by atoms with E-state index in [0.29, 0.717) is 12.2 Å². The van der Waals surface area contributed by atoms with E-state index in [-0.39, 0.29) is 11.4 Å². The van der Waals surface area contributed by atoms with Crippen molar-refractivity contribution in [3.8, 4) is 0 Å². The smallest absolute Gasteiger partial charge is 0.245 e. The maximum atomic E-state index is 11.8. The molecule has 0 fully saturated rings. The molecule has 0 aliphatic heterocycles. The van der Waals surface area contributed by atoms with Crippen LogP contribution in [0.5, 0.6) is 0 Å². The Kier molecular flexibility index (Phi) is 3.53. The lowest BCUT2D eigenvalue weighted by molar-refractivity contribution is 0.579. The molecule has 2 aromatic heterocycles. The third-order valence-corrected chi connectivity index (χ3v) is 3.68. The highest BCUT2D eigenvalue weighted by Crippen LogP contribution is 1.99. The fourth-order valence-corrected chi connectivity index (χ4v) is 2.43. The van der Waals surface area contributed by atoms with Crippen LogP contribution in [0.3, 0.4) is 0 Å². The van der Waals surface area contributed by atoms with Crippen molar-refractivity contribution in [2.24, 2.45) is 0 Å². The Hall–Kier alpha value is -2.00. The number of sulfonamides is 1. The van der Waals surface area contributed by atoms with Gasteiger partial charge in [-0.15, -0.1) is 0 Å². The molecule has 8 nitrogen and oxygen atoms in total. The molecule has 0 radical (unpaired) electrons. The summed E-state index contributed by atoms with van der Waals surface area (Å²) in [6.45, 7) is 0.131. The number of nitrogens with zero attached hydrogens (tertiary/aromatic N) is 2. The lowest BCUT2D eigenvalue weighted by Crippen LogP contribution is -2.30. The van der Waals surface area contributed by atoms with Gasteiger partial charge in [0.05, 0.1) is 0 Å². The second-order valence-electron chi connectivity index (χ2n) is 3.45. The van der Waals surface area contributed by atoms with Crippen molar-refractivity contribution in [1.82, 2.24) is 24.9 Å². The fraction of sp³-hybridized carbons (Fsp3) is 0.222. The summed E-state index contributed by atoms with van der Waals surface area (Å²) in [7, 11) is -3.80. The van der Waals surface area contributed by atoms with Crippen molar-refractivity contribution in [2.45, 2.75) is 11.3 Å². The molecule has 0 saturated heterocycles. The molecule has 0 amide bonds. The first-order chi connectivity index (χ1) is 8.59. The van der Waals surface area contributed by atoms with Crippen LogP contribution in [-0.2, 0) is 16.4 Å². The largest absolute Gasteiger partial charge is 0.366 e. The maximum Gasteiger partial charge on any atom is 0.245 e. The fourth-order valence-electron chi connectivity index (χ4n) is 1.34. The molecule has 0 aliphatic carbocycles. The minimum absolute atomic E-state index is 0.131. The summed E-state index contributed by atoms with van der Waals surface area (Å²) in [5, 5.41) is 6.25. The lowest BCUT2D eigenvalue weighted by Gasteiger charge is -2.04. The summed E-state index contributed by atoms with van der Waals surface area (Å²) in [5.41, 5.74) is -0.555. The highest BCUT2D eigenvalue weighted by molar-refractivity contribution is 7.89. The summed E-state index contributed by atoms with van der Waals surface area (Å²) in [6.07, 6.45) is 4.23. The Labute approximate surface area is 103 Å². The van der Waals surface area contributed by atoms with Gasteiger partial charge in [0.1, 0.15) is 17.0 Å². The molecule has 0 unspecified atom stereocenters. The van der Waals surface area contributed by atoms with Gasteiger partial charge < -0.3 is 4.98 Å². The second kappa shape index (κ2) is 5.10. The van der Waals surface area contributed by atoms with Gasteiger partial charge in [-0.2, -0.15) is 5.10 Å². The van der Waals surface area contributed by atoms with E-state index in [2.05, 4.69) is 24.9 Å². The van der Waals surface area contributed by atoms with Gasteiger partial charge in [0.15, 0.2) is 0 Å². The first-order valence-electron chi connectivity index (χ1n) is 5.10. The van der Waals surface area contributed by atoms with Crippen molar-refractivity contribution >= 4 is 10.0 Å². The van der Waals surface area contributed by atoms with Crippen molar-refractivity contribution in [3.05, 3.63) is 40.8 Å². The summed E-state index contributed by atoms with van der Waals surface area (Å²) in [6, 6.07) is 1.16. The second-order valence-corrected chi connectivity index (χ2v) is 5.19. The molecule has 96 valence electrons. The number of nitrogens with one attached hydrogen (secondary N) is 3. The van der Waals surface area contributed by atoms with Crippen LogP contribution in [0.15, 0.2) is 34.5 Å². The van der Waals surface area contributed by atoms with E-state index in [1.165, 1.54) is 12.5 Å². The average molecular weight is 269 g/mol. The van der Waals surface area contributed by atoms with E-state index in [4.69, 9.17) is 0 Å². The number of rotatable bonds is 5. The summed E-state index contributed by atoms with van der Waals surface area (Å²) in [5.74, 6) is 0.569. The number of hydrogen-bond acceptors (Lipinski definition) is 5. The first-order valence-corrected chi connectivity index (χ1v) is 6.59. The van der Waals surface area contributed by atoms with Crippen LogP contribution in [0.4, 0.5) is 0 Å². The molecule has 0 aliphatic rings. The molecule has 3 N–H and O–H groups in total. The van der Waals surface area contributed by atoms with Crippen molar-refractivity contribution in [2.75, 3.05) is 6.54 Å². The molecule has 0 atom stereocenters. The third-order valence-electron chi connectivity index (χ3n) is 2.20. The van der Waals surface area contributed by atoms with Gasteiger partial charge in [-0.1, -0.05) is 0 Å². The Morgan fingerprint density at radius 2 is 2.22 bits per heavy atom. The Morgan fingerprint density at radius 3 is 2.89 bits per heavy atom. The molecule has 0 aromatic carbocycles. The third kappa shape index (κ3) is 2.81. The highest BCUT2D eigenvalue weighted by atomic mass is 32.2.